The van der Waals surface area contributed by atoms with Gasteiger partial charge >= 0.3 is 0 Å². The lowest BCUT2D eigenvalue weighted by molar-refractivity contribution is 0.178. The van der Waals surface area contributed by atoms with Crippen molar-refractivity contribution in [1.82, 2.24) is 19.1 Å². The number of sulfonamides is 1. The van der Waals surface area contributed by atoms with Gasteiger partial charge in [-0.05, 0) is 49.8 Å². The van der Waals surface area contributed by atoms with Crippen molar-refractivity contribution in [2.45, 2.75) is 23.4 Å². The third kappa shape index (κ3) is 3.18. The van der Waals surface area contributed by atoms with E-state index in [-0.39, 0.29) is 0 Å². The summed E-state index contributed by atoms with van der Waals surface area (Å²) in [4.78, 5) is 8.96. The Hall–Kier alpha value is -1.80. The fourth-order valence-electron chi connectivity index (χ4n) is 4.36. The number of hydrogen-bond donors (Lipinski definition) is 0. The second-order valence-corrected chi connectivity index (χ2v) is 9.56. The van der Waals surface area contributed by atoms with E-state index in [2.05, 4.69) is 9.88 Å². The first-order valence-corrected chi connectivity index (χ1v) is 10.8. The number of likely N-dealkylation sites (N-methyl/N-ethyl adjacent to an activating group) is 1. The van der Waals surface area contributed by atoms with Crippen LogP contribution in [0.1, 0.15) is 17.5 Å². The van der Waals surface area contributed by atoms with Crippen LogP contribution in [-0.2, 0) is 22.1 Å². The van der Waals surface area contributed by atoms with Crippen LogP contribution in [0.25, 0.3) is 0 Å². The first kappa shape index (κ1) is 18.6. The van der Waals surface area contributed by atoms with Crippen LogP contribution in [0.3, 0.4) is 0 Å². The van der Waals surface area contributed by atoms with Crippen LogP contribution in [0.4, 0.5) is 0 Å². The average Bonchev–Trinajstić information content (AvgIpc) is 3.13. The van der Waals surface area contributed by atoms with Crippen LogP contribution < -0.4 is 0 Å². The SMILES string of the molecule is CN(C)CCN1C2(CCN(Cc3ccncc3)C2)c2ccccc2S1(=O)=O. The molecule has 2 aliphatic rings. The van der Waals surface area contributed by atoms with E-state index < -0.39 is 15.6 Å². The predicted octanol–water partition coefficient (Wildman–Crippen LogP) is 1.75. The van der Waals surface area contributed by atoms with Gasteiger partial charge in [-0.2, -0.15) is 4.31 Å². The van der Waals surface area contributed by atoms with E-state index in [4.69, 9.17) is 0 Å². The maximum atomic E-state index is 13.3. The highest BCUT2D eigenvalue weighted by atomic mass is 32.2. The molecule has 0 bridgehead atoms. The molecule has 0 amide bonds. The van der Waals surface area contributed by atoms with Gasteiger partial charge < -0.3 is 4.90 Å². The maximum absolute atomic E-state index is 13.3. The van der Waals surface area contributed by atoms with Crippen molar-refractivity contribution in [3.8, 4) is 0 Å². The van der Waals surface area contributed by atoms with E-state index in [0.717, 1.165) is 31.6 Å². The summed E-state index contributed by atoms with van der Waals surface area (Å²) in [5, 5.41) is 0. The summed E-state index contributed by atoms with van der Waals surface area (Å²) >= 11 is 0. The quantitative estimate of drug-likeness (QED) is 0.784. The molecule has 144 valence electrons. The first-order chi connectivity index (χ1) is 12.9. The molecule has 6 nitrogen and oxygen atoms in total. The number of benzene rings is 1. The smallest absolute Gasteiger partial charge is 0.244 e. The minimum Gasteiger partial charge on any atom is -0.308 e. The van der Waals surface area contributed by atoms with E-state index in [9.17, 15) is 8.42 Å². The largest absolute Gasteiger partial charge is 0.308 e. The molecule has 0 radical (unpaired) electrons. The Bertz CT molecular complexity index is 917. The summed E-state index contributed by atoms with van der Waals surface area (Å²) in [6.07, 6.45) is 4.43. The van der Waals surface area contributed by atoms with Crippen molar-refractivity contribution in [2.24, 2.45) is 0 Å². The molecule has 1 fully saturated rings. The van der Waals surface area contributed by atoms with Crippen molar-refractivity contribution >= 4 is 10.0 Å². The monoisotopic (exact) mass is 386 g/mol. The molecule has 7 heteroatoms. The zero-order valence-electron chi connectivity index (χ0n) is 15.9. The van der Waals surface area contributed by atoms with Gasteiger partial charge in [0.05, 0.1) is 10.4 Å². The predicted molar refractivity (Wildman–Crippen MR) is 105 cm³/mol. The Morgan fingerprint density at radius 3 is 2.63 bits per heavy atom. The lowest BCUT2D eigenvalue weighted by Gasteiger charge is -2.35. The second-order valence-electron chi connectivity index (χ2n) is 7.72. The van der Waals surface area contributed by atoms with E-state index in [1.807, 2.05) is 49.3 Å². The number of pyridine rings is 1. The second kappa shape index (κ2) is 6.98. The topological polar surface area (TPSA) is 56.8 Å². The van der Waals surface area contributed by atoms with Gasteiger partial charge in [0.2, 0.25) is 10.0 Å². The zero-order chi connectivity index (χ0) is 19.1. The standard InChI is InChI=1S/C20H26N4O2S/c1-22(2)13-14-24-20(18-5-3-4-6-19(18)27(24,25)26)9-12-23(16-20)15-17-7-10-21-11-8-17/h3-8,10-11H,9,12-16H2,1-2H3. The molecule has 1 aromatic heterocycles. The molecule has 2 aliphatic heterocycles. The maximum Gasteiger partial charge on any atom is 0.244 e. The Morgan fingerprint density at radius 2 is 1.89 bits per heavy atom. The molecule has 1 saturated heterocycles. The fraction of sp³-hybridized carbons (Fsp3) is 0.450. The average molecular weight is 387 g/mol. The number of hydrogen-bond acceptors (Lipinski definition) is 5. The third-order valence-corrected chi connectivity index (χ3v) is 7.69. The van der Waals surface area contributed by atoms with Gasteiger partial charge in [0.25, 0.3) is 0 Å². The summed E-state index contributed by atoms with van der Waals surface area (Å²) in [7, 11) is 0.498. The number of rotatable bonds is 5. The van der Waals surface area contributed by atoms with Gasteiger partial charge in [-0.1, -0.05) is 18.2 Å². The summed E-state index contributed by atoms with van der Waals surface area (Å²) in [6, 6.07) is 11.6. The third-order valence-electron chi connectivity index (χ3n) is 5.67. The Morgan fingerprint density at radius 1 is 1.15 bits per heavy atom. The lowest BCUT2D eigenvalue weighted by Crippen LogP contribution is -2.48. The van der Waals surface area contributed by atoms with Crippen LogP contribution in [0.2, 0.25) is 0 Å². The van der Waals surface area contributed by atoms with Gasteiger partial charge in [0, 0.05) is 45.1 Å². The highest BCUT2D eigenvalue weighted by Gasteiger charge is 2.56. The highest BCUT2D eigenvalue weighted by molar-refractivity contribution is 7.89. The van der Waals surface area contributed by atoms with Crippen molar-refractivity contribution in [2.75, 3.05) is 40.3 Å². The van der Waals surface area contributed by atoms with Crippen LogP contribution in [-0.4, -0.2) is 67.8 Å². The molecule has 2 aromatic rings. The molecule has 0 N–H and O–H groups in total. The first-order valence-electron chi connectivity index (χ1n) is 9.32. The fourth-order valence-corrected chi connectivity index (χ4v) is 6.41. The van der Waals surface area contributed by atoms with Gasteiger partial charge in [0.15, 0.2) is 0 Å². The van der Waals surface area contributed by atoms with Gasteiger partial charge in [-0.25, -0.2) is 8.42 Å². The Kier molecular flexibility index (Phi) is 4.80. The van der Waals surface area contributed by atoms with Crippen LogP contribution in [0.5, 0.6) is 0 Å². The molecule has 4 rings (SSSR count). The van der Waals surface area contributed by atoms with E-state index in [1.165, 1.54) is 5.56 Å². The minimum atomic E-state index is -3.46. The molecule has 0 saturated carbocycles. The van der Waals surface area contributed by atoms with E-state index in [1.54, 1.807) is 22.8 Å². The Labute approximate surface area is 161 Å². The summed E-state index contributed by atoms with van der Waals surface area (Å²) in [5.74, 6) is 0. The number of aromatic nitrogens is 1. The molecule has 1 unspecified atom stereocenters. The van der Waals surface area contributed by atoms with E-state index in [0.29, 0.717) is 18.0 Å². The minimum absolute atomic E-state index is 0.460. The normalized spacial score (nSPS) is 24.7. The molecule has 1 spiro atoms. The molecule has 0 aliphatic carbocycles. The molecule has 1 atom stereocenters. The van der Waals surface area contributed by atoms with Crippen molar-refractivity contribution < 1.29 is 8.42 Å². The number of likely N-dealkylation sites (tertiary alicyclic amines) is 1. The van der Waals surface area contributed by atoms with Crippen LogP contribution >= 0.6 is 0 Å². The molecule has 3 heterocycles. The number of nitrogens with zero attached hydrogens (tertiary/aromatic N) is 4. The lowest BCUT2D eigenvalue weighted by atomic mass is 9.89. The highest BCUT2D eigenvalue weighted by Crippen LogP contribution is 2.49. The van der Waals surface area contributed by atoms with Crippen LogP contribution in [0, 0.1) is 0 Å². The van der Waals surface area contributed by atoms with Crippen LogP contribution in [0.15, 0.2) is 53.7 Å². The van der Waals surface area contributed by atoms with E-state index >= 15 is 0 Å². The number of fused-ring (bicyclic) bond motifs is 2. The Balaban J connectivity index is 1.68. The van der Waals surface area contributed by atoms with Crippen molar-refractivity contribution in [1.29, 1.82) is 0 Å². The zero-order valence-corrected chi connectivity index (χ0v) is 16.7. The summed E-state index contributed by atoms with van der Waals surface area (Å²) in [5.41, 5.74) is 1.70. The van der Waals surface area contributed by atoms with Crippen molar-refractivity contribution in [3.63, 3.8) is 0 Å². The van der Waals surface area contributed by atoms with Gasteiger partial charge in [0.1, 0.15) is 0 Å². The van der Waals surface area contributed by atoms with Gasteiger partial charge in [-0.3, -0.25) is 9.88 Å². The molecule has 1 aromatic carbocycles. The van der Waals surface area contributed by atoms with Crippen molar-refractivity contribution in [3.05, 3.63) is 59.9 Å². The van der Waals surface area contributed by atoms with Gasteiger partial charge in [-0.15, -0.1) is 0 Å². The molecular formula is C20H26N4O2S. The summed E-state index contributed by atoms with van der Waals surface area (Å²) in [6.45, 7) is 3.63. The molecule has 27 heavy (non-hydrogen) atoms. The summed E-state index contributed by atoms with van der Waals surface area (Å²) < 4.78 is 28.4. The molecular weight excluding hydrogens is 360 g/mol.